The first kappa shape index (κ1) is 22.5. The minimum absolute atomic E-state index is 0.0202. The van der Waals surface area contributed by atoms with Crippen LogP contribution in [0.2, 0.25) is 0 Å². The van der Waals surface area contributed by atoms with Crippen molar-refractivity contribution in [3.63, 3.8) is 0 Å². The van der Waals surface area contributed by atoms with E-state index < -0.39 is 21.9 Å². The van der Waals surface area contributed by atoms with Crippen LogP contribution in [0.15, 0.2) is 47.4 Å². The van der Waals surface area contributed by atoms with Gasteiger partial charge in [-0.25, -0.2) is 13.2 Å². The third-order valence-electron chi connectivity index (χ3n) is 5.37. The summed E-state index contributed by atoms with van der Waals surface area (Å²) >= 11 is 0. The zero-order valence-corrected chi connectivity index (χ0v) is 17.9. The molecule has 0 aromatic heterocycles. The summed E-state index contributed by atoms with van der Waals surface area (Å²) in [7, 11) is -3.76. The van der Waals surface area contributed by atoms with Gasteiger partial charge in [0, 0.05) is 18.2 Å². The van der Waals surface area contributed by atoms with Gasteiger partial charge in [-0.15, -0.1) is 0 Å². The molecule has 2 aromatic carbocycles. The van der Waals surface area contributed by atoms with E-state index in [4.69, 9.17) is 5.26 Å². The normalized spacial score (nSPS) is 17.0. The van der Waals surface area contributed by atoms with E-state index >= 15 is 0 Å². The molecule has 0 saturated carbocycles. The molecule has 0 bridgehead atoms. The molecule has 1 aliphatic rings. The maximum Gasteiger partial charge on any atom is 0.337 e. The minimum atomic E-state index is -3.76. The van der Waals surface area contributed by atoms with Crippen molar-refractivity contribution in [3.05, 3.63) is 59.2 Å². The van der Waals surface area contributed by atoms with Crippen LogP contribution in [0, 0.1) is 11.3 Å². The predicted molar refractivity (Wildman–Crippen MR) is 114 cm³/mol. The summed E-state index contributed by atoms with van der Waals surface area (Å²) in [5, 5.41) is 20.8. The second-order valence-electron chi connectivity index (χ2n) is 7.33. The van der Waals surface area contributed by atoms with Crippen LogP contribution in [0.1, 0.15) is 58.9 Å². The Morgan fingerprint density at radius 3 is 2.68 bits per heavy atom. The fraction of sp³-hybridized carbons (Fsp3) is 0.318. The highest BCUT2D eigenvalue weighted by Crippen LogP contribution is 2.27. The average molecular weight is 442 g/mol. The lowest BCUT2D eigenvalue weighted by Gasteiger charge is -2.34. The van der Waals surface area contributed by atoms with Gasteiger partial charge in [0.05, 0.1) is 27.8 Å². The van der Waals surface area contributed by atoms with Gasteiger partial charge in [0.2, 0.25) is 10.0 Å². The summed E-state index contributed by atoms with van der Waals surface area (Å²) in [4.78, 5) is 24.3. The number of carbonyl (C=O) groups is 2. The molecule has 2 aromatic rings. The highest BCUT2D eigenvalue weighted by molar-refractivity contribution is 7.89. The van der Waals surface area contributed by atoms with Crippen LogP contribution < -0.4 is 5.32 Å². The van der Waals surface area contributed by atoms with E-state index in [1.54, 1.807) is 0 Å². The van der Waals surface area contributed by atoms with Gasteiger partial charge < -0.3 is 10.4 Å². The molecule has 2 N–H and O–H groups in total. The van der Waals surface area contributed by atoms with E-state index in [1.807, 2.05) is 13.0 Å². The Kier molecular flexibility index (Phi) is 6.73. The van der Waals surface area contributed by atoms with E-state index in [1.165, 1.54) is 46.8 Å². The van der Waals surface area contributed by atoms with Crippen LogP contribution in [0.4, 0.5) is 5.69 Å². The van der Waals surface area contributed by atoms with E-state index in [9.17, 15) is 23.1 Å². The Labute approximate surface area is 181 Å². The van der Waals surface area contributed by atoms with Crippen molar-refractivity contribution < 1.29 is 23.1 Å². The number of piperidine rings is 1. The summed E-state index contributed by atoms with van der Waals surface area (Å²) < 4.78 is 27.9. The fourth-order valence-electron chi connectivity index (χ4n) is 3.73. The summed E-state index contributed by atoms with van der Waals surface area (Å²) in [5.41, 5.74) is 0.0319. The first-order chi connectivity index (χ1) is 14.8. The number of amides is 1. The molecule has 162 valence electrons. The van der Waals surface area contributed by atoms with Crippen molar-refractivity contribution in [2.45, 2.75) is 43.5 Å². The molecule has 0 spiro atoms. The number of nitrogens with one attached hydrogen (secondary N) is 1. The molecule has 0 radical (unpaired) electrons. The van der Waals surface area contributed by atoms with Crippen molar-refractivity contribution in [3.8, 4) is 6.07 Å². The number of sulfonamides is 1. The number of nitriles is 1. The van der Waals surface area contributed by atoms with Crippen LogP contribution in [-0.2, 0) is 10.0 Å². The number of hydrogen-bond donors (Lipinski definition) is 2. The van der Waals surface area contributed by atoms with Gasteiger partial charge in [0.15, 0.2) is 0 Å². The summed E-state index contributed by atoms with van der Waals surface area (Å²) in [6.07, 6.45) is 3.32. The lowest BCUT2D eigenvalue weighted by Crippen LogP contribution is -2.43. The first-order valence-electron chi connectivity index (χ1n) is 9.98. The van der Waals surface area contributed by atoms with Gasteiger partial charge in [0.25, 0.3) is 5.91 Å². The van der Waals surface area contributed by atoms with Gasteiger partial charge in [-0.3, -0.25) is 4.79 Å². The number of rotatable bonds is 6. The van der Waals surface area contributed by atoms with Crippen molar-refractivity contribution in [1.29, 1.82) is 5.26 Å². The van der Waals surface area contributed by atoms with Gasteiger partial charge in [-0.05, 0) is 55.7 Å². The number of anilines is 1. The largest absolute Gasteiger partial charge is 0.478 e. The molecule has 1 amide bonds. The average Bonchev–Trinajstić information content (AvgIpc) is 2.79. The van der Waals surface area contributed by atoms with Gasteiger partial charge in [-0.2, -0.15) is 9.57 Å². The Bertz CT molecular complexity index is 1150. The molecule has 1 heterocycles. The Morgan fingerprint density at radius 2 is 2.00 bits per heavy atom. The first-order valence-corrected chi connectivity index (χ1v) is 11.4. The highest BCUT2D eigenvalue weighted by Gasteiger charge is 2.32. The zero-order valence-electron chi connectivity index (χ0n) is 17.0. The molecular weight excluding hydrogens is 418 g/mol. The van der Waals surface area contributed by atoms with E-state index in [2.05, 4.69) is 5.32 Å². The maximum atomic E-state index is 13.2. The van der Waals surface area contributed by atoms with Gasteiger partial charge in [0.1, 0.15) is 0 Å². The van der Waals surface area contributed by atoms with Crippen LogP contribution in [0.3, 0.4) is 0 Å². The molecule has 8 nitrogen and oxygen atoms in total. The number of nitrogens with zero attached hydrogens (tertiary/aromatic N) is 2. The molecule has 1 fully saturated rings. The van der Waals surface area contributed by atoms with Crippen molar-refractivity contribution in [2.75, 3.05) is 11.9 Å². The lowest BCUT2D eigenvalue weighted by molar-refractivity contribution is 0.0698. The SMILES string of the molecule is CCC1CCCCN1S(=O)(=O)c1cccc(C(=O)Nc2ccc(C#N)cc2C(=O)O)c1. The molecular formula is C22H23N3O5S. The zero-order chi connectivity index (χ0) is 22.6. The fourth-order valence-corrected chi connectivity index (χ4v) is 5.54. The third kappa shape index (κ3) is 4.76. The van der Waals surface area contributed by atoms with E-state index in [0.717, 1.165) is 25.7 Å². The van der Waals surface area contributed by atoms with Crippen molar-refractivity contribution in [2.24, 2.45) is 0 Å². The molecule has 3 rings (SSSR count). The van der Waals surface area contributed by atoms with Crippen LogP contribution in [0.25, 0.3) is 0 Å². The summed E-state index contributed by atoms with van der Waals surface area (Å²) in [5.74, 6) is -1.94. The lowest BCUT2D eigenvalue weighted by atomic mass is 10.0. The number of aromatic carboxylic acids is 1. The van der Waals surface area contributed by atoms with Crippen LogP contribution in [-0.4, -0.2) is 42.3 Å². The number of benzene rings is 2. The second-order valence-corrected chi connectivity index (χ2v) is 9.22. The summed E-state index contributed by atoms with van der Waals surface area (Å²) in [6, 6.07) is 11.4. The molecule has 1 aliphatic heterocycles. The molecule has 31 heavy (non-hydrogen) atoms. The maximum absolute atomic E-state index is 13.2. The smallest absolute Gasteiger partial charge is 0.337 e. The minimum Gasteiger partial charge on any atom is -0.478 e. The molecule has 1 unspecified atom stereocenters. The molecule has 0 aliphatic carbocycles. The Balaban J connectivity index is 1.89. The Hall–Kier alpha value is -3.22. The third-order valence-corrected chi connectivity index (χ3v) is 7.32. The standard InChI is InChI=1S/C22H23N3O5S/c1-2-17-7-3-4-11-25(17)31(29,30)18-8-5-6-16(13-18)21(26)24-20-10-9-15(14-23)12-19(20)22(27)28/h5-6,8-10,12-13,17H,2-4,7,11H2,1H3,(H,24,26)(H,27,28). The number of carboxylic acids is 1. The second kappa shape index (κ2) is 9.29. The van der Waals surface area contributed by atoms with E-state index in [-0.39, 0.29) is 33.3 Å². The molecule has 9 heteroatoms. The van der Waals surface area contributed by atoms with Crippen molar-refractivity contribution >= 4 is 27.6 Å². The van der Waals surface area contributed by atoms with Crippen molar-refractivity contribution in [1.82, 2.24) is 4.31 Å². The molecule has 1 saturated heterocycles. The highest BCUT2D eigenvalue weighted by atomic mass is 32.2. The monoisotopic (exact) mass is 441 g/mol. The van der Waals surface area contributed by atoms with Crippen LogP contribution >= 0.6 is 0 Å². The molecule has 1 atom stereocenters. The quantitative estimate of drug-likeness (QED) is 0.707. The summed E-state index contributed by atoms with van der Waals surface area (Å²) in [6.45, 7) is 2.41. The van der Waals surface area contributed by atoms with Crippen LogP contribution in [0.5, 0.6) is 0 Å². The number of hydrogen-bond acceptors (Lipinski definition) is 5. The predicted octanol–water partition coefficient (Wildman–Crippen LogP) is 3.46. The van der Waals surface area contributed by atoms with Gasteiger partial charge >= 0.3 is 5.97 Å². The topological polar surface area (TPSA) is 128 Å². The number of carbonyl (C=O) groups excluding carboxylic acids is 1. The van der Waals surface area contributed by atoms with Gasteiger partial charge in [-0.1, -0.05) is 19.4 Å². The Morgan fingerprint density at radius 1 is 1.23 bits per heavy atom. The number of carboxylic acid groups (broad SMARTS) is 1. The van der Waals surface area contributed by atoms with E-state index in [0.29, 0.717) is 6.54 Å².